The van der Waals surface area contributed by atoms with E-state index in [4.69, 9.17) is 5.73 Å². The van der Waals surface area contributed by atoms with E-state index in [0.717, 1.165) is 18.4 Å². The Labute approximate surface area is 90.0 Å². The Balaban J connectivity index is 2.76. The monoisotopic (exact) mass is 208 g/mol. The average Bonchev–Trinajstić information content (AvgIpc) is 2.18. The standard InChI is InChI=1S/C12H17FN2/c1-3-5-12(14)15-9(2)10-6-4-7-11(13)8-10/h4,6-9H,3,5H2,1-2H3,(H2,14,15). The Morgan fingerprint density at radius 1 is 1.53 bits per heavy atom. The summed E-state index contributed by atoms with van der Waals surface area (Å²) in [4.78, 5) is 4.31. The first-order valence-corrected chi connectivity index (χ1v) is 5.21. The zero-order valence-corrected chi connectivity index (χ0v) is 9.20. The van der Waals surface area contributed by atoms with Crippen LogP contribution < -0.4 is 5.73 Å². The Kier molecular flexibility index (Phi) is 4.28. The lowest BCUT2D eigenvalue weighted by atomic mass is 10.1. The fourth-order valence-electron chi connectivity index (χ4n) is 1.41. The quantitative estimate of drug-likeness (QED) is 0.599. The van der Waals surface area contributed by atoms with Crippen LogP contribution in [-0.2, 0) is 0 Å². The maximum atomic E-state index is 12.9. The van der Waals surface area contributed by atoms with E-state index in [-0.39, 0.29) is 11.9 Å². The van der Waals surface area contributed by atoms with Crippen LogP contribution in [0.25, 0.3) is 0 Å². The van der Waals surface area contributed by atoms with Crippen LogP contribution in [0.3, 0.4) is 0 Å². The Bertz CT molecular complexity index is 347. The van der Waals surface area contributed by atoms with Crippen molar-refractivity contribution in [3.05, 3.63) is 35.6 Å². The molecule has 0 heterocycles. The predicted molar refractivity (Wildman–Crippen MR) is 61.3 cm³/mol. The van der Waals surface area contributed by atoms with Gasteiger partial charge in [-0.3, -0.25) is 4.99 Å². The second-order valence-corrected chi connectivity index (χ2v) is 3.60. The van der Waals surface area contributed by atoms with Crippen molar-refractivity contribution in [1.82, 2.24) is 0 Å². The number of nitrogens with zero attached hydrogens (tertiary/aromatic N) is 1. The van der Waals surface area contributed by atoms with Crippen molar-refractivity contribution in [2.75, 3.05) is 0 Å². The first kappa shape index (κ1) is 11.7. The van der Waals surface area contributed by atoms with Gasteiger partial charge in [-0.05, 0) is 31.0 Å². The highest BCUT2D eigenvalue weighted by Gasteiger charge is 2.04. The van der Waals surface area contributed by atoms with E-state index in [2.05, 4.69) is 11.9 Å². The average molecular weight is 208 g/mol. The highest BCUT2D eigenvalue weighted by atomic mass is 19.1. The van der Waals surface area contributed by atoms with Crippen LogP contribution >= 0.6 is 0 Å². The maximum Gasteiger partial charge on any atom is 0.123 e. The van der Waals surface area contributed by atoms with E-state index in [9.17, 15) is 4.39 Å². The number of benzene rings is 1. The lowest BCUT2D eigenvalue weighted by Gasteiger charge is -2.08. The summed E-state index contributed by atoms with van der Waals surface area (Å²) in [6, 6.07) is 6.39. The third-order valence-corrected chi connectivity index (χ3v) is 2.20. The van der Waals surface area contributed by atoms with Gasteiger partial charge in [-0.2, -0.15) is 0 Å². The van der Waals surface area contributed by atoms with E-state index in [1.807, 2.05) is 13.0 Å². The summed E-state index contributed by atoms with van der Waals surface area (Å²) in [7, 11) is 0. The summed E-state index contributed by atoms with van der Waals surface area (Å²) in [6.45, 7) is 3.96. The lowest BCUT2D eigenvalue weighted by molar-refractivity contribution is 0.622. The molecule has 82 valence electrons. The maximum absolute atomic E-state index is 12.9. The van der Waals surface area contributed by atoms with Crippen molar-refractivity contribution < 1.29 is 4.39 Å². The van der Waals surface area contributed by atoms with E-state index >= 15 is 0 Å². The SMILES string of the molecule is CCCC(N)=NC(C)c1cccc(F)c1. The first-order chi connectivity index (χ1) is 7.13. The second kappa shape index (κ2) is 5.49. The second-order valence-electron chi connectivity index (χ2n) is 3.60. The number of amidine groups is 1. The molecule has 1 atom stereocenters. The van der Waals surface area contributed by atoms with E-state index in [1.165, 1.54) is 12.1 Å². The first-order valence-electron chi connectivity index (χ1n) is 5.21. The lowest BCUT2D eigenvalue weighted by Crippen LogP contribution is -2.12. The van der Waals surface area contributed by atoms with Gasteiger partial charge in [-0.15, -0.1) is 0 Å². The molecule has 1 unspecified atom stereocenters. The van der Waals surface area contributed by atoms with Gasteiger partial charge in [-0.25, -0.2) is 4.39 Å². The highest BCUT2D eigenvalue weighted by molar-refractivity contribution is 5.80. The molecule has 0 radical (unpaired) electrons. The fraction of sp³-hybridized carbons (Fsp3) is 0.417. The molecule has 0 aliphatic rings. The molecular weight excluding hydrogens is 191 g/mol. The molecule has 0 amide bonds. The van der Waals surface area contributed by atoms with E-state index in [0.29, 0.717) is 5.84 Å². The fourth-order valence-corrected chi connectivity index (χ4v) is 1.41. The molecule has 2 nitrogen and oxygen atoms in total. The molecule has 0 aliphatic heterocycles. The molecule has 1 aromatic carbocycles. The van der Waals surface area contributed by atoms with Crippen LogP contribution in [0, 0.1) is 5.82 Å². The molecule has 1 aromatic rings. The summed E-state index contributed by atoms with van der Waals surface area (Å²) >= 11 is 0. The van der Waals surface area contributed by atoms with Crippen LogP contribution in [0.1, 0.15) is 38.3 Å². The summed E-state index contributed by atoms with van der Waals surface area (Å²) in [5.41, 5.74) is 6.57. The molecule has 0 saturated carbocycles. The third kappa shape index (κ3) is 3.70. The summed E-state index contributed by atoms with van der Waals surface area (Å²) in [6.07, 6.45) is 1.77. The van der Waals surface area contributed by atoms with Crippen molar-refractivity contribution in [1.29, 1.82) is 0 Å². The number of hydrogen-bond donors (Lipinski definition) is 1. The molecule has 0 spiro atoms. The molecule has 0 aromatic heterocycles. The van der Waals surface area contributed by atoms with Gasteiger partial charge in [0.15, 0.2) is 0 Å². The van der Waals surface area contributed by atoms with Crippen molar-refractivity contribution in [2.24, 2.45) is 10.7 Å². The molecule has 1 rings (SSSR count). The molecular formula is C12H17FN2. The minimum atomic E-state index is -0.233. The number of halogens is 1. The van der Waals surface area contributed by atoms with Crippen molar-refractivity contribution in [2.45, 2.75) is 32.7 Å². The minimum absolute atomic E-state index is 0.0766. The Morgan fingerprint density at radius 2 is 2.27 bits per heavy atom. The Morgan fingerprint density at radius 3 is 2.87 bits per heavy atom. The molecule has 2 N–H and O–H groups in total. The van der Waals surface area contributed by atoms with E-state index in [1.54, 1.807) is 6.07 Å². The van der Waals surface area contributed by atoms with Gasteiger partial charge in [0.05, 0.1) is 11.9 Å². The van der Waals surface area contributed by atoms with Gasteiger partial charge in [-0.1, -0.05) is 19.1 Å². The van der Waals surface area contributed by atoms with Crippen LogP contribution in [-0.4, -0.2) is 5.84 Å². The molecule has 0 aliphatic carbocycles. The minimum Gasteiger partial charge on any atom is -0.387 e. The number of rotatable bonds is 4. The molecule has 0 bridgehead atoms. The van der Waals surface area contributed by atoms with Gasteiger partial charge >= 0.3 is 0 Å². The van der Waals surface area contributed by atoms with Crippen molar-refractivity contribution >= 4 is 5.84 Å². The Hall–Kier alpha value is -1.38. The molecule has 0 saturated heterocycles. The van der Waals surface area contributed by atoms with E-state index < -0.39 is 0 Å². The van der Waals surface area contributed by atoms with Gasteiger partial charge in [0.2, 0.25) is 0 Å². The highest BCUT2D eigenvalue weighted by Crippen LogP contribution is 2.17. The number of aliphatic imine (C=N–C) groups is 1. The topological polar surface area (TPSA) is 38.4 Å². The van der Waals surface area contributed by atoms with Crippen LogP contribution in [0.15, 0.2) is 29.3 Å². The molecule has 0 fully saturated rings. The van der Waals surface area contributed by atoms with Crippen molar-refractivity contribution in [3.8, 4) is 0 Å². The van der Waals surface area contributed by atoms with Gasteiger partial charge < -0.3 is 5.73 Å². The smallest absolute Gasteiger partial charge is 0.123 e. The molecule has 15 heavy (non-hydrogen) atoms. The normalized spacial score (nSPS) is 13.9. The summed E-state index contributed by atoms with van der Waals surface area (Å²) in [5.74, 6) is 0.401. The zero-order chi connectivity index (χ0) is 11.3. The van der Waals surface area contributed by atoms with Gasteiger partial charge in [0.1, 0.15) is 5.82 Å². The zero-order valence-electron chi connectivity index (χ0n) is 9.20. The van der Waals surface area contributed by atoms with Crippen molar-refractivity contribution in [3.63, 3.8) is 0 Å². The van der Waals surface area contributed by atoms with Gasteiger partial charge in [0, 0.05) is 6.42 Å². The predicted octanol–water partition coefficient (Wildman–Crippen LogP) is 3.04. The van der Waals surface area contributed by atoms with Crippen LogP contribution in [0.2, 0.25) is 0 Å². The summed E-state index contributed by atoms with van der Waals surface area (Å²) in [5, 5.41) is 0. The van der Waals surface area contributed by atoms with Crippen LogP contribution in [0.4, 0.5) is 4.39 Å². The number of nitrogens with two attached hydrogens (primary N) is 1. The third-order valence-electron chi connectivity index (χ3n) is 2.20. The molecule has 3 heteroatoms. The largest absolute Gasteiger partial charge is 0.387 e. The summed E-state index contributed by atoms with van der Waals surface area (Å²) < 4.78 is 12.9. The van der Waals surface area contributed by atoms with Crippen LogP contribution in [0.5, 0.6) is 0 Å². The number of hydrogen-bond acceptors (Lipinski definition) is 1. The van der Waals surface area contributed by atoms with Gasteiger partial charge in [0.25, 0.3) is 0 Å².